The lowest BCUT2D eigenvalue weighted by molar-refractivity contribution is -0.136. The molecular weight excluding hydrogens is 400 g/mol. The van der Waals surface area contributed by atoms with Gasteiger partial charge in [-0.15, -0.1) is 0 Å². The maximum Gasteiger partial charge on any atom is 0.307 e. The number of carbonyl (C=O) groups is 1. The minimum atomic E-state index is -0.312. The molecule has 0 saturated heterocycles. The number of benzene rings is 2. The molecule has 0 bridgehead atoms. The van der Waals surface area contributed by atoms with Gasteiger partial charge in [0.1, 0.15) is 0 Å². The van der Waals surface area contributed by atoms with Crippen molar-refractivity contribution in [2.24, 2.45) is 0 Å². The third-order valence-electron chi connectivity index (χ3n) is 2.32. The Balaban J connectivity index is -0.000000295. The van der Waals surface area contributed by atoms with Crippen LogP contribution >= 0.6 is 15.9 Å². The van der Waals surface area contributed by atoms with E-state index in [2.05, 4.69) is 46.0 Å². The second-order valence-corrected chi connectivity index (χ2v) is 5.65. The fourth-order valence-electron chi connectivity index (χ4n) is 1.38. The Morgan fingerprint density at radius 3 is 1.30 bits per heavy atom. The van der Waals surface area contributed by atoms with Crippen molar-refractivity contribution in [1.29, 1.82) is 0 Å². The highest BCUT2D eigenvalue weighted by Crippen LogP contribution is 2.08. The summed E-state index contributed by atoms with van der Waals surface area (Å²) in [5.41, 5.74) is 2.34. The van der Waals surface area contributed by atoms with Gasteiger partial charge in [0, 0.05) is 11.4 Å². The van der Waals surface area contributed by atoms with E-state index in [-0.39, 0.29) is 5.97 Å². The van der Waals surface area contributed by atoms with Crippen LogP contribution in [0.15, 0.2) is 84.1 Å². The van der Waals surface area contributed by atoms with Crippen LogP contribution in [0.1, 0.15) is 54.0 Å². The molecule has 2 aromatic carbocycles. The predicted octanol–water partition coefficient (Wildman–Crippen LogP) is 8.30. The third-order valence-corrected chi connectivity index (χ3v) is 2.85. The summed E-state index contributed by atoms with van der Waals surface area (Å²) in [5, 5.41) is 0. The van der Waals surface area contributed by atoms with Gasteiger partial charge in [-0.2, -0.15) is 0 Å². The van der Waals surface area contributed by atoms with E-state index in [0.29, 0.717) is 5.76 Å². The van der Waals surface area contributed by atoms with Gasteiger partial charge in [-0.1, -0.05) is 111 Å². The lowest BCUT2D eigenvalue weighted by atomic mass is 10.1. The Morgan fingerprint density at radius 2 is 1.15 bits per heavy atom. The van der Waals surface area contributed by atoms with Gasteiger partial charge in [-0.25, -0.2) is 0 Å². The molecule has 0 spiro atoms. The number of esters is 1. The average Bonchev–Trinajstić information content (AvgIpc) is 2.66. The van der Waals surface area contributed by atoms with Crippen LogP contribution in [0.25, 0.3) is 5.57 Å². The topological polar surface area (TPSA) is 26.3 Å². The zero-order chi connectivity index (χ0) is 21.7. The van der Waals surface area contributed by atoms with E-state index >= 15 is 0 Å². The number of carbonyl (C=O) groups excluding carboxylic acids is 1. The highest BCUT2D eigenvalue weighted by molar-refractivity contribution is 9.10. The van der Waals surface area contributed by atoms with Crippen LogP contribution in [0.2, 0.25) is 0 Å². The van der Waals surface area contributed by atoms with Crippen molar-refractivity contribution >= 4 is 27.5 Å². The number of hydrogen-bond donors (Lipinski definition) is 0. The first kappa shape index (κ1) is 29.6. The second kappa shape index (κ2) is 21.9. The molecule has 0 aromatic heterocycles. The fourth-order valence-corrected chi connectivity index (χ4v) is 1.69. The van der Waals surface area contributed by atoms with Gasteiger partial charge >= 0.3 is 5.97 Å². The highest BCUT2D eigenvalue weighted by Gasteiger charge is 1.88. The Labute approximate surface area is 175 Å². The summed E-state index contributed by atoms with van der Waals surface area (Å²) < 4.78 is 5.55. The van der Waals surface area contributed by atoms with Crippen molar-refractivity contribution < 1.29 is 9.53 Å². The first-order chi connectivity index (χ1) is 12.8. The Bertz CT molecular complexity index is 593. The summed E-state index contributed by atoms with van der Waals surface area (Å²) >= 11 is 3.31. The van der Waals surface area contributed by atoms with E-state index in [1.165, 1.54) is 12.5 Å². The largest absolute Gasteiger partial charge is 0.432 e. The summed E-state index contributed by atoms with van der Waals surface area (Å²) in [6.45, 7) is 20.2. The smallest absolute Gasteiger partial charge is 0.307 e. The quantitative estimate of drug-likeness (QED) is 0.350. The van der Waals surface area contributed by atoms with Crippen molar-refractivity contribution in [3.63, 3.8) is 0 Å². The van der Waals surface area contributed by atoms with Crippen molar-refractivity contribution in [2.75, 3.05) is 0 Å². The number of hydrogen-bond acceptors (Lipinski definition) is 2. The molecule has 0 atom stereocenters. The molecule has 0 aliphatic rings. The summed E-state index contributed by atoms with van der Waals surface area (Å²) in [6, 6.07) is 20.1. The van der Waals surface area contributed by atoms with Gasteiger partial charge in [0.15, 0.2) is 0 Å². The van der Waals surface area contributed by atoms with Gasteiger partial charge in [-0.05, 0) is 31.5 Å². The highest BCUT2D eigenvalue weighted by atomic mass is 79.9. The molecule has 0 saturated carbocycles. The predicted molar refractivity (Wildman–Crippen MR) is 125 cm³/mol. The number of rotatable bonds is 2. The van der Waals surface area contributed by atoms with Gasteiger partial charge in [0.05, 0.1) is 5.76 Å². The Hall–Kier alpha value is -2.13. The van der Waals surface area contributed by atoms with Crippen LogP contribution in [0.4, 0.5) is 0 Å². The first-order valence-electron chi connectivity index (χ1n) is 9.08. The molecule has 150 valence electrons. The molecule has 0 aliphatic heterocycles. The van der Waals surface area contributed by atoms with Crippen LogP contribution in [0.3, 0.4) is 0 Å². The maximum atomic E-state index is 9.97. The molecule has 0 unspecified atom stereocenters. The standard InChI is InChI=1S/C9H10.C6H5Br.C5H8O2.2C2H6/c1-8(2)9-6-4-3-5-7-9;7-6-4-2-1-3-5-6;1-4(2)7-5(3)6;2*1-2/h3-7H,1H2,2H3;1-5H;1H2,2-3H3;2*1-2H3. The summed E-state index contributed by atoms with van der Waals surface area (Å²) in [4.78, 5) is 9.97. The zero-order valence-corrected chi connectivity index (χ0v) is 19.5. The number of ether oxygens (including phenoxy) is 1. The monoisotopic (exact) mass is 434 g/mol. The molecule has 0 fully saturated rings. The molecule has 0 radical (unpaired) electrons. The van der Waals surface area contributed by atoms with Crippen LogP contribution < -0.4 is 0 Å². The van der Waals surface area contributed by atoms with Crippen LogP contribution in [-0.4, -0.2) is 5.97 Å². The SMILES string of the molecule is Brc1ccccc1.C=C(C)OC(C)=O.C=C(C)c1ccccc1.CC.CC. The molecule has 2 nitrogen and oxygen atoms in total. The lowest BCUT2D eigenvalue weighted by Gasteiger charge is -1.94. The third kappa shape index (κ3) is 23.9. The van der Waals surface area contributed by atoms with E-state index in [4.69, 9.17) is 0 Å². The normalized spacial score (nSPS) is 7.70. The Morgan fingerprint density at radius 1 is 0.778 bits per heavy atom. The van der Waals surface area contributed by atoms with Gasteiger partial charge in [-0.3, -0.25) is 4.79 Å². The van der Waals surface area contributed by atoms with Crippen molar-refractivity contribution in [3.05, 3.63) is 89.6 Å². The van der Waals surface area contributed by atoms with Crippen molar-refractivity contribution in [2.45, 2.75) is 48.5 Å². The summed E-state index contributed by atoms with van der Waals surface area (Å²) in [5.74, 6) is 0.125. The molecule has 0 aliphatic carbocycles. The van der Waals surface area contributed by atoms with E-state index in [1.807, 2.05) is 83.1 Å². The second-order valence-electron chi connectivity index (χ2n) is 4.74. The molecule has 0 heterocycles. The number of allylic oxidation sites excluding steroid dienone is 2. The zero-order valence-electron chi connectivity index (χ0n) is 17.9. The van der Waals surface area contributed by atoms with Crippen LogP contribution in [0.5, 0.6) is 0 Å². The molecule has 3 heteroatoms. The average molecular weight is 435 g/mol. The minimum absolute atomic E-state index is 0.312. The maximum absolute atomic E-state index is 9.97. The molecule has 0 amide bonds. The van der Waals surface area contributed by atoms with Crippen LogP contribution in [-0.2, 0) is 9.53 Å². The van der Waals surface area contributed by atoms with E-state index in [1.54, 1.807) is 6.92 Å². The van der Waals surface area contributed by atoms with E-state index < -0.39 is 0 Å². The molecule has 0 N–H and O–H groups in total. The van der Waals surface area contributed by atoms with Gasteiger partial charge in [0.2, 0.25) is 0 Å². The fraction of sp³-hybridized carbons (Fsp3) is 0.292. The minimum Gasteiger partial charge on any atom is -0.432 e. The van der Waals surface area contributed by atoms with Crippen molar-refractivity contribution in [3.8, 4) is 0 Å². The van der Waals surface area contributed by atoms with Gasteiger partial charge < -0.3 is 4.74 Å². The molecular formula is C24H35BrO2. The van der Waals surface area contributed by atoms with E-state index in [0.717, 1.165) is 10.0 Å². The lowest BCUT2D eigenvalue weighted by Crippen LogP contribution is -1.93. The Kier molecular flexibility index (Phi) is 24.0. The molecule has 2 rings (SSSR count). The molecule has 27 heavy (non-hydrogen) atoms. The first-order valence-corrected chi connectivity index (χ1v) is 9.87. The summed E-state index contributed by atoms with van der Waals surface area (Å²) in [6.07, 6.45) is 0. The van der Waals surface area contributed by atoms with Crippen LogP contribution in [0, 0.1) is 0 Å². The molecule has 2 aromatic rings. The van der Waals surface area contributed by atoms with Gasteiger partial charge in [0.25, 0.3) is 0 Å². The van der Waals surface area contributed by atoms with Crippen molar-refractivity contribution in [1.82, 2.24) is 0 Å². The number of halogens is 1. The van der Waals surface area contributed by atoms with E-state index in [9.17, 15) is 4.79 Å². The summed E-state index contributed by atoms with van der Waals surface area (Å²) in [7, 11) is 0.